The van der Waals surface area contributed by atoms with Gasteiger partial charge < -0.3 is 5.73 Å². The van der Waals surface area contributed by atoms with E-state index in [-0.39, 0.29) is 11.6 Å². The summed E-state index contributed by atoms with van der Waals surface area (Å²) >= 11 is 0. The molecule has 0 bridgehead atoms. The molecule has 2 rings (SSSR count). The van der Waals surface area contributed by atoms with Crippen LogP contribution in [0.2, 0.25) is 0 Å². The summed E-state index contributed by atoms with van der Waals surface area (Å²) in [5, 5.41) is 0. The average Bonchev–Trinajstić information content (AvgIpc) is 2.30. The predicted molar refractivity (Wildman–Crippen MR) is 58.5 cm³/mol. The normalized spacial score (nSPS) is 10.1. The molecule has 0 radical (unpaired) electrons. The van der Waals surface area contributed by atoms with E-state index in [2.05, 4.69) is 4.98 Å². The summed E-state index contributed by atoms with van der Waals surface area (Å²) in [5.41, 5.74) is 6.27. The lowest BCUT2D eigenvalue weighted by Crippen LogP contribution is -2.02. The van der Waals surface area contributed by atoms with Crippen molar-refractivity contribution < 1.29 is 9.18 Å². The van der Waals surface area contributed by atoms with Gasteiger partial charge in [0, 0.05) is 17.3 Å². The van der Waals surface area contributed by atoms with E-state index in [4.69, 9.17) is 5.73 Å². The Kier molecular flexibility index (Phi) is 2.64. The average molecular weight is 216 g/mol. The van der Waals surface area contributed by atoms with Gasteiger partial charge in [-0.1, -0.05) is 0 Å². The fourth-order valence-electron chi connectivity index (χ4n) is 1.31. The highest BCUT2D eigenvalue weighted by molar-refractivity contribution is 6.08. The van der Waals surface area contributed by atoms with E-state index >= 15 is 0 Å². The topological polar surface area (TPSA) is 56.0 Å². The van der Waals surface area contributed by atoms with Crippen LogP contribution in [0.1, 0.15) is 15.9 Å². The van der Waals surface area contributed by atoms with Crippen molar-refractivity contribution in [3.63, 3.8) is 0 Å². The Hall–Kier alpha value is -2.23. The zero-order chi connectivity index (χ0) is 11.5. The minimum absolute atomic E-state index is 0.201. The van der Waals surface area contributed by atoms with Gasteiger partial charge in [-0.25, -0.2) is 9.37 Å². The maximum absolute atomic E-state index is 12.7. The molecule has 0 saturated heterocycles. The van der Waals surface area contributed by atoms with Crippen molar-refractivity contribution in [2.24, 2.45) is 0 Å². The Morgan fingerprint density at radius 2 is 1.69 bits per heavy atom. The molecule has 80 valence electrons. The third-order valence-electron chi connectivity index (χ3n) is 2.15. The van der Waals surface area contributed by atoms with Crippen LogP contribution < -0.4 is 5.73 Å². The van der Waals surface area contributed by atoms with Crippen LogP contribution in [0.15, 0.2) is 42.6 Å². The number of hydrogen-bond donors (Lipinski definition) is 1. The molecule has 0 fully saturated rings. The molecule has 0 unspecified atom stereocenters. The summed E-state index contributed by atoms with van der Waals surface area (Å²) in [5.74, 6) is -0.213. The quantitative estimate of drug-likeness (QED) is 0.781. The molecule has 2 aromatic rings. The van der Waals surface area contributed by atoms with Gasteiger partial charge in [0.15, 0.2) is 5.78 Å². The van der Waals surface area contributed by atoms with Crippen LogP contribution in [0.4, 0.5) is 10.2 Å². The molecule has 0 saturated carbocycles. The first-order valence-corrected chi connectivity index (χ1v) is 4.68. The predicted octanol–water partition coefficient (Wildman–Crippen LogP) is 2.03. The molecule has 2 N–H and O–H groups in total. The van der Waals surface area contributed by atoms with Gasteiger partial charge in [-0.3, -0.25) is 4.79 Å². The van der Waals surface area contributed by atoms with E-state index in [1.54, 1.807) is 12.1 Å². The SMILES string of the molecule is Nc1ccc(C(=O)c2ccc(F)cc2)cn1. The molecule has 1 aromatic carbocycles. The van der Waals surface area contributed by atoms with Gasteiger partial charge in [-0.05, 0) is 36.4 Å². The first kappa shape index (κ1) is 10.3. The highest BCUT2D eigenvalue weighted by Gasteiger charge is 2.08. The van der Waals surface area contributed by atoms with E-state index < -0.39 is 0 Å². The molecule has 16 heavy (non-hydrogen) atoms. The molecule has 0 atom stereocenters. The number of anilines is 1. The Labute approximate surface area is 91.7 Å². The number of carbonyl (C=O) groups is 1. The van der Waals surface area contributed by atoms with Gasteiger partial charge in [-0.2, -0.15) is 0 Å². The standard InChI is InChI=1S/C12H9FN2O/c13-10-4-1-8(2-5-10)12(16)9-3-6-11(14)15-7-9/h1-7H,(H2,14,15). The summed E-state index contributed by atoms with van der Waals surface area (Å²) in [6, 6.07) is 8.52. The van der Waals surface area contributed by atoms with Crippen molar-refractivity contribution >= 4 is 11.6 Å². The zero-order valence-corrected chi connectivity index (χ0v) is 8.35. The minimum atomic E-state index is -0.369. The summed E-state index contributed by atoms with van der Waals surface area (Å²) < 4.78 is 12.7. The fraction of sp³-hybridized carbons (Fsp3) is 0. The van der Waals surface area contributed by atoms with Crippen molar-refractivity contribution in [3.05, 3.63) is 59.5 Å². The molecule has 0 spiro atoms. The molecular formula is C12H9FN2O. The minimum Gasteiger partial charge on any atom is -0.384 e. The smallest absolute Gasteiger partial charge is 0.194 e. The monoisotopic (exact) mass is 216 g/mol. The van der Waals surface area contributed by atoms with Crippen LogP contribution in [0.3, 0.4) is 0 Å². The lowest BCUT2D eigenvalue weighted by molar-refractivity contribution is 0.103. The van der Waals surface area contributed by atoms with E-state index in [0.717, 1.165) is 0 Å². The Morgan fingerprint density at radius 3 is 2.25 bits per heavy atom. The van der Waals surface area contributed by atoms with Crippen molar-refractivity contribution in [2.45, 2.75) is 0 Å². The number of halogens is 1. The first-order chi connectivity index (χ1) is 7.66. The van der Waals surface area contributed by atoms with Crippen LogP contribution in [0, 0.1) is 5.82 Å². The van der Waals surface area contributed by atoms with Crippen molar-refractivity contribution in [3.8, 4) is 0 Å². The summed E-state index contributed by atoms with van der Waals surface area (Å²) in [4.78, 5) is 15.7. The van der Waals surface area contributed by atoms with E-state index in [0.29, 0.717) is 16.9 Å². The van der Waals surface area contributed by atoms with Crippen LogP contribution in [0.5, 0.6) is 0 Å². The fourth-order valence-corrected chi connectivity index (χ4v) is 1.31. The molecule has 4 heteroatoms. The third kappa shape index (κ3) is 2.06. The van der Waals surface area contributed by atoms with E-state index in [1.165, 1.54) is 30.5 Å². The molecule has 0 aliphatic rings. The van der Waals surface area contributed by atoms with Crippen LogP contribution in [-0.2, 0) is 0 Å². The van der Waals surface area contributed by atoms with Crippen molar-refractivity contribution in [2.75, 3.05) is 5.73 Å². The highest BCUT2D eigenvalue weighted by Crippen LogP contribution is 2.10. The number of carbonyl (C=O) groups excluding carboxylic acids is 1. The number of nitrogens with zero attached hydrogens (tertiary/aromatic N) is 1. The second kappa shape index (κ2) is 4.10. The Bertz CT molecular complexity index is 458. The van der Waals surface area contributed by atoms with Crippen molar-refractivity contribution in [1.82, 2.24) is 4.98 Å². The Balaban J connectivity index is 2.32. The molecule has 0 aliphatic carbocycles. The number of benzene rings is 1. The number of nitrogen functional groups attached to an aromatic ring is 1. The molecule has 1 aromatic heterocycles. The van der Waals surface area contributed by atoms with Gasteiger partial charge in [0.1, 0.15) is 11.6 Å². The summed E-state index contributed by atoms with van der Waals surface area (Å²) in [6.07, 6.45) is 1.40. The maximum atomic E-state index is 12.7. The second-order valence-electron chi connectivity index (χ2n) is 3.31. The number of nitrogens with two attached hydrogens (primary N) is 1. The molecular weight excluding hydrogens is 207 g/mol. The first-order valence-electron chi connectivity index (χ1n) is 4.68. The highest BCUT2D eigenvalue weighted by atomic mass is 19.1. The number of ketones is 1. The Morgan fingerprint density at radius 1 is 1.06 bits per heavy atom. The summed E-state index contributed by atoms with van der Waals surface area (Å²) in [7, 11) is 0. The third-order valence-corrected chi connectivity index (χ3v) is 2.15. The van der Waals surface area contributed by atoms with Gasteiger partial charge in [-0.15, -0.1) is 0 Å². The van der Waals surface area contributed by atoms with Crippen LogP contribution in [-0.4, -0.2) is 10.8 Å². The van der Waals surface area contributed by atoms with Gasteiger partial charge >= 0.3 is 0 Å². The van der Waals surface area contributed by atoms with Gasteiger partial charge in [0.05, 0.1) is 0 Å². The van der Waals surface area contributed by atoms with E-state index in [9.17, 15) is 9.18 Å². The molecule has 0 aliphatic heterocycles. The lowest BCUT2D eigenvalue weighted by Gasteiger charge is -2.00. The van der Waals surface area contributed by atoms with Crippen molar-refractivity contribution in [1.29, 1.82) is 0 Å². The number of rotatable bonds is 2. The molecule has 3 nitrogen and oxygen atoms in total. The lowest BCUT2D eigenvalue weighted by atomic mass is 10.1. The summed E-state index contributed by atoms with van der Waals surface area (Å²) in [6.45, 7) is 0. The maximum Gasteiger partial charge on any atom is 0.194 e. The zero-order valence-electron chi connectivity index (χ0n) is 8.35. The number of pyridine rings is 1. The van der Waals surface area contributed by atoms with Crippen LogP contribution >= 0.6 is 0 Å². The van der Waals surface area contributed by atoms with Gasteiger partial charge in [0.25, 0.3) is 0 Å². The van der Waals surface area contributed by atoms with Crippen LogP contribution in [0.25, 0.3) is 0 Å². The number of hydrogen-bond acceptors (Lipinski definition) is 3. The van der Waals surface area contributed by atoms with E-state index in [1.807, 2.05) is 0 Å². The number of aromatic nitrogens is 1. The largest absolute Gasteiger partial charge is 0.384 e. The molecule has 0 amide bonds. The second-order valence-corrected chi connectivity index (χ2v) is 3.31. The van der Waals surface area contributed by atoms with Gasteiger partial charge in [0.2, 0.25) is 0 Å². The molecule has 1 heterocycles.